The maximum absolute atomic E-state index is 14.0. The summed E-state index contributed by atoms with van der Waals surface area (Å²) in [5.41, 5.74) is 17.6. The molecule has 1 rings (SSSR count). The number of phenolic OH excluding ortho intramolecular Hbond substituents is 1. The molecular formula is C45H75IN10O12. The summed E-state index contributed by atoms with van der Waals surface area (Å²) in [6, 6.07) is -4.72. The molecule has 1 aromatic carbocycles. The van der Waals surface area contributed by atoms with Gasteiger partial charge in [-0.3, -0.25) is 38.4 Å². The Morgan fingerprint density at radius 1 is 0.706 bits per heavy atom. The van der Waals surface area contributed by atoms with Gasteiger partial charge in [-0.05, 0) is 104 Å². The molecule has 0 radical (unpaired) electrons. The van der Waals surface area contributed by atoms with E-state index in [1.165, 1.54) is 13.0 Å². The summed E-state index contributed by atoms with van der Waals surface area (Å²) in [5, 5.41) is 48.2. The van der Waals surface area contributed by atoms with Gasteiger partial charge in [0.05, 0.1) is 28.2 Å². The van der Waals surface area contributed by atoms with Crippen LogP contribution in [0.25, 0.3) is 0 Å². The monoisotopic (exact) mass is 1070 g/mol. The van der Waals surface area contributed by atoms with Gasteiger partial charge in [0.2, 0.25) is 41.4 Å². The van der Waals surface area contributed by atoms with Gasteiger partial charge in [-0.2, -0.15) is 0 Å². The number of halogens is 1. The van der Waals surface area contributed by atoms with E-state index in [9.17, 15) is 58.5 Å². The Bertz CT molecular complexity index is 1850. The second-order valence-corrected chi connectivity index (χ2v) is 19.4. The van der Waals surface area contributed by atoms with Crippen molar-refractivity contribution >= 4 is 76.2 Å². The van der Waals surface area contributed by atoms with Crippen LogP contribution in [0.2, 0.25) is 0 Å². The molecule has 0 aliphatic rings. The number of carboxylic acids is 1. The maximum atomic E-state index is 14.0. The fraction of sp³-hybridized carbons (Fsp3) is 0.667. The number of phenols is 1. The summed E-state index contributed by atoms with van der Waals surface area (Å²) in [4.78, 5) is 117. The molecule has 0 spiro atoms. The molecular weight excluding hydrogens is 999 g/mol. The Morgan fingerprint density at radius 2 is 1.24 bits per heavy atom. The zero-order valence-electron chi connectivity index (χ0n) is 40.1. The highest BCUT2D eigenvalue weighted by atomic mass is 127. The van der Waals surface area contributed by atoms with E-state index in [1.807, 2.05) is 36.4 Å². The highest BCUT2D eigenvalue weighted by Gasteiger charge is 2.34. The van der Waals surface area contributed by atoms with Crippen LogP contribution in [-0.2, 0) is 49.6 Å². The number of carbonyl (C=O) groups is 9. The molecule has 7 amide bonds. The first-order valence-electron chi connectivity index (χ1n) is 22.9. The van der Waals surface area contributed by atoms with E-state index in [4.69, 9.17) is 17.2 Å². The second kappa shape index (κ2) is 31.2. The molecule has 1 aromatic rings. The largest absolute Gasteiger partial charge is 0.507 e. The first-order chi connectivity index (χ1) is 31.8. The molecule has 0 unspecified atom stereocenters. The minimum Gasteiger partial charge on any atom is -0.507 e. The molecule has 0 bridgehead atoms. The third kappa shape index (κ3) is 23.4. The lowest BCUT2D eigenvalue weighted by atomic mass is 9.98. The van der Waals surface area contributed by atoms with Crippen molar-refractivity contribution in [2.45, 2.75) is 161 Å². The van der Waals surface area contributed by atoms with Crippen molar-refractivity contribution in [1.82, 2.24) is 37.2 Å². The number of unbranched alkanes of at least 4 members (excludes halogenated alkanes) is 1. The van der Waals surface area contributed by atoms with Crippen molar-refractivity contribution in [3.05, 3.63) is 27.3 Å². The Labute approximate surface area is 412 Å². The van der Waals surface area contributed by atoms with Gasteiger partial charge in [0.1, 0.15) is 42.2 Å². The van der Waals surface area contributed by atoms with Crippen molar-refractivity contribution < 1.29 is 58.5 Å². The fourth-order valence-corrected chi connectivity index (χ4v) is 7.38. The van der Waals surface area contributed by atoms with Crippen molar-refractivity contribution in [2.75, 3.05) is 13.1 Å². The van der Waals surface area contributed by atoms with E-state index in [0.717, 1.165) is 0 Å². The quantitative estimate of drug-likeness (QED) is 0.0227. The number of nitrogens with one attached hydrogen (secondary N) is 7. The number of carboxylic acid groups (broad SMARTS) is 1. The lowest BCUT2D eigenvalue weighted by Gasteiger charge is -2.30. The van der Waals surface area contributed by atoms with Crippen LogP contribution < -0.4 is 54.4 Å². The summed E-state index contributed by atoms with van der Waals surface area (Å²) in [6.45, 7) is 12.6. The molecule has 23 heteroatoms. The molecule has 9 atom stereocenters. The molecule has 0 saturated carbocycles. The van der Waals surface area contributed by atoms with Gasteiger partial charge in [0.15, 0.2) is 0 Å². The fourth-order valence-electron chi connectivity index (χ4n) is 6.80. The molecule has 0 aliphatic carbocycles. The number of aldehydes is 1. The zero-order chi connectivity index (χ0) is 51.8. The Hall–Kier alpha value is -4.98. The van der Waals surface area contributed by atoms with Gasteiger partial charge in [-0.25, -0.2) is 0 Å². The lowest BCUT2D eigenvalue weighted by molar-refractivity contribution is -0.138. The molecule has 22 nitrogen and oxygen atoms in total. The highest BCUT2D eigenvalue weighted by molar-refractivity contribution is 14.1. The van der Waals surface area contributed by atoms with Gasteiger partial charge in [-0.15, -0.1) is 0 Å². The molecule has 0 aliphatic heterocycles. The Morgan fingerprint density at radius 3 is 1.76 bits per heavy atom. The number of benzene rings is 1. The minimum atomic E-state index is -1.53. The number of carbonyl (C=O) groups excluding carboxylic acids is 8. The highest BCUT2D eigenvalue weighted by Crippen LogP contribution is 2.21. The van der Waals surface area contributed by atoms with Gasteiger partial charge in [-0.1, -0.05) is 54.0 Å². The molecule has 0 fully saturated rings. The number of aliphatic carboxylic acids is 1. The summed E-state index contributed by atoms with van der Waals surface area (Å²) in [6.07, 6.45) is -0.620. The Balaban J connectivity index is 3.35. The van der Waals surface area contributed by atoms with Crippen LogP contribution in [0, 0.1) is 21.3 Å². The van der Waals surface area contributed by atoms with E-state index < -0.39 is 115 Å². The number of primary amides is 1. The topological polar surface area (TPSA) is 377 Å². The molecule has 384 valence electrons. The van der Waals surface area contributed by atoms with Gasteiger partial charge in [0, 0.05) is 25.4 Å². The standard InChI is InChI=1S/C45H75IN10O12/c1-23(2)16-31(42(65)53-33(44(67)56-36(22-57)26(7)58)19-27-11-13-37(59)28(46)18-27)50-21-35(25(5)6)55-45(68)34(20-38(49)60)54-43(66)32(17-24(3)4)52-41(64)30(12-14-39(61)62)51-40(63)29(48)10-8-9-15-47/h11,13,18,22-26,29-36,50,58-59H,8-10,12,14-17,19-21,47-48H2,1-7H3,(H2,49,60)(H,51,63)(H,52,64)(H,53,65)(H,54,66)(H,55,68)(H,56,67)(H,61,62)/t26-,29+,30+,31+,32+,33+,34+,35-,36-/m1/s1. The zero-order valence-corrected chi connectivity index (χ0v) is 42.3. The lowest BCUT2D eigenvalue weighted by Crippen LogP contribution is -2.60. The van der Waals surface area contributed by atoms with Gasteiger partial charge >= 0.3 is 5.97 Å². The predicted molar refractivity (Wildman–Crippen MR) is 261 cm³/mol. The number of aliphatic hydroxyl groups is 1. The molecule has 68 heavy (non-hydrogen) atoms. The van der Waals surface area contributed by atoms with E-state index in [-0.39, 0.29) is 62.2 Å². The molecule has 0 saturated heterocycles. The number of nitrogens with two attached hydrogens (primary N) is 3. The Kier molecular flexibility index (Phi) is 28.0. The van der Waals surface area contributed by atoms with E-state index >= 15 is 0 Å². The molecule has 0 aromatic heterocycles. The van der Waals surface area contributed by atoms with E-state index in [0.29, 0.717) is 34.8 Å². The first kappa shape index (κ1) is 61.0. The average molecular weight is 1080 g/mol. The number of amides is 7. The third-order valence-corrected chi connectivity index (χ3v) is 11.6. The first-order valence-corrected chi connectivity index (χ1v) is 24.0. The number of aromatic hydroxyl groups is 1. The smallest absolute Gasteiger partial charge is 0.303 e. The van der Waals surface area contributed by atoms with Crippen LogP contribution in [0.1, 0.15) is 105 Å². The van der Waals surface area contributed by atoms with E-state index in [2.05, 4.69) is 37.2 Å². The molecule has 16 N–H and O–H groups in total. The van der Waals surface area contributed by atoms with Crippen molar-refractivity contribution in [3.63, 3.8) is 0 Å². The van der Waals surface area contributed by atoms with Crippen LogP contribution in [0.4, 0.5) is 0 Å². The van der Waals surface area contributed by atoms with Crippen LogP contribution >= 0.6 is 22.6 Å². The van der Waals surface area contributed by atoms with Crippen LogP contribution in [0.15, 0.2) is 18.2 Å². The summed E-state index contributed by atoms with van der Waals surface area (Å²) in [7, 11) is 0. The van der Waals surface area contributed by atoms with Gasteiger partial charge in [0.25, 0.3) is 0 Å². The third-order valence-electron chi connectivity index (χ3n) is 10.8. The van der Waals surface area contributed by atoms with Crippen LogP contribution in [-0.4, -0.2) is 136 Å². The van der Waals surface area contributed by atoms with Crippen molar-refractivity contribution in [3.8, 4) is 5.75 Å². The number of aliphatic hydroxyl groups excluding tert-OH is 1. The summed E-state index contributed by atoms with van der Waals surface area (Å²) in [5.74, 6) is -7.28. The van der Waals surface area contributed by atoms with Crippen molar-refractivity contribution in [1.29, 1.82) is 0 Å². The maximum Gasteiger partial charge on any atom is 0.303 e. The van der Waals surface area contributed by atoms with E-state index in [1.54, 1.807) is 39.8 Å². The van der Waals surface area contributed by atoms with Gasteiger partial charge < -0.3 is 74.5 Å². The minimum absolute atomic E-state index is 0.0140. The van der Waals surface area contributed by atoms with Crippen LogP contribution in [0.3, 0.4) is 0 Å². The SMILES string of the molecule is CC(C)C[C@H](NC[C@@H](NC(=O)[C@H](CC(N)=O)NC(=O)[C@H](CC(C)C)NC(=O)[C@H](CCC(=O)O)NC(=O)[C@@H](N)CCCCN)C(C)C)C(=O)N[C@@H](Cc1ccc(O)c(I)c1)C(=O)N[C@H](C=O)[C@@H](C)O. The average Bonchev–Trinajstić information content (AvgIpc) is 3.24. The van der Waals surface area contributed by atoms with Crippen LogP contribution in [0.5, 0.6) is 5.75 Å². The van der Waals surface area contributed by atoms with Crippen molar-refractivity contribution in [2.24, 2.45) is 35.0 Å². The predicted octanol–water partition coefficient (Wildman–Crippen LogP) is -1.07. The summed E-state index contributed by atoms with van der Waals surface area (Å²) < 4.78 is 0.498. The normalized spacial score (nSPS) is 15.4. The second-order valence-electron chi connectivity index (χ2n) is 18.2. The summed E-state index contributed by atoms with van der Waals surface area (Å²) >= 11 is 1.92. The number of hydrogen-bond donors (Lipinski definition) is 13. The molecule has 0 heterocycles. The number of rotatable bonds is 33. The number of hydrogen-bond acceptors (Lipinski definition) is 14.